The highest BCUT2D eigenvalue weighted by atomic mass is 16.7. The van der Waals surface area contributed by atoms with Gasteiger partial charge in [0, 0.05) is 18.3 Å². The van der Waals surface area contributed by atoms with Gasteiger partial charge in [-0.25, -0.2) is 0 Å². The summed E-state index contributed by atoms with van der Waals surface area (Å²) in [6, 6.07) is 0. The summed E-state index contributed by atoms with van der Waals surface area (Å²) >= 11 is 0. The van der Waals surface area contributed by atoms with Gasteiger partial charge in [-0.3, -0.25) is 0 Å². The number of aldehydes is 1. The zero-order valence-corrected chi connectivity index (χ0v) is 6.86. The highest BCUT2D eigenvalue weighted by Gasteiger charge is 2.68. The molecule has 3 nitrogen and oxygen atoms in total. The number of carbonyl (C=O) groups is 1. The molecule has 3 aliphatic rings. The van der Waals surface area contributed by atoms with E-state index in [2.05, 4.69) is 0 Å². The predicted molar refractivity (Wildman–Crippen MR) is 40.4 cm³/mol. The van der Waals surface area contributed by atoms with E-state index in [0.717, 1.165) is 19.1 Å². The van der Waals surface area contributed by atoms with E-state index in [4.69, 9.17) is 9.47 Å². The number of rotatable bonds is 1. The molecule has 0 N–H and O–H groups in total. The molecule has 66 valence electrons. The van der Waals surface area contributed by atoms with Crippen molar-refractivity contribution in [1.82, 2.24) is 0 Å². The van der Waals surface area contributed by atoms with Crippen LogP contribution in [0.1, 0.15) is 12.8 Å². The quantitative estimate of drug-likeness (QED) is 0.537. The smallest absolute Gasteiger partial charge is 0.172 e. The number of ether oxygens (including phenoxy) is 2. The van der Waals surface area contributed by atoms with E-state index in [1.165, 1.54) is 0 Å². The third-order valence-corrected chi connectivity index (χ3v) is 3.50. The van der Waals surface area contributed by atoms with Gasteiger partial charge in [0.25, 0.3) is 0 Å². The average Bonchev–Trinajstić information content (AvgIpc) is 2.45. The van der Waals surface area contributed by atoms with Gasteiger partial charge >= 0.3 is 0 Å². The van der Waals surface area contributed by atoms with Crippen LogP contribution in [0, 0.1) is 17.8 Å². The Balaban J connectivity index is 1.85. The Kier molecular flexibility index (Phi) is 1.23. The Labute approximate surface area is 71.0 Å². The first-order valence-electron chi connectivity index (χ1n) is 4.61. The van der Waals surface area contributed by atoms with Crippen LogP contribution in [0.3, 0.4) is 0 Å². The number of carbonyl (C=O) groups excluding carboxylic acids is 1. The Bertz CT molecular complexity index is 214. The zero-order chi connectivity index (χ0) is 8.18. The summed E-state index contributed by atoms with van der Waals surface area (Å²) in [5, 5.41) is 0. The van der Waals surface area contributed by atoms with Gasteiger partial charge in [-0.05, 0) is 12.3 Å². The van der Waals surface area contributed by atoms with Crippen molar-refractivity contribution in [2.24, 2.45) is 17.8 Å². The zero-order valence-electron chi connectivity index (χ0n) is 6.86. The number of hydrogen-bond donors (Lipinski definition) is 0. The van der Waals surface area contributed by atoms with Gasteiger partial charge < -0.3 is 14.3 Å². The number of fused-ring (bicyclic) bond motifs is 2. The van der Waals surface area contributed by atoms with Crippen molar-refractivity contribution < 1.29 is 14.3 Å². The second-order valence-electron chi connectivity index (χ2n) is 3.95. The molecule has 1 heterocycles. The van der Waals surface area contributed by atoms with Crippen LogP contribution in [0.25, 0.3) is 0 Å². The lowest BCUT2D eigenvalue weighted by molar-refractivity contribution is -0.171. The van der Waals surface area contributed by atoms with Gasteiger partial charge in [-0.15, -0.1) is 0 Å². The molecule has 1 saturated heterocycles. The summed E-state index contributed by atoms with van der Waals surface area (Å²) in [6.07, 6.45) is 3.17. The van der Waals surface area contributed by atoms with Gasteiger partial charge in [0.05, 0.1) is 13.2 Å². The summed E-state index contributed by atoms with van der Waals surface area (Å²) < 4.78 is 11.2. The molecule has 0 aromatic carbocycles. The van der Waals surface area contributed by atoms with Gasteiger partial charge in [-0.2, -0.15) is 0 Å². The Morgan fingerprint density at radius 3 is 2.67 bits per heavy atom. The molecule has 0 radical (unpaired) electrons. The first kappa shape index (κ1) is 7.04. The van der Waals surface area contributed by atoms with Crippen LogP contribution in [-0.2, 0) is 14.3 Å². The minimum absolute atomic E-state index is 0.233. The van der Waals surface area contributed by atoms with E-state index in [0.29, 0.717) is 25.0 Å². The van der Waals surface area contributed by atoms with Gasteiger partial charge in [0.2, 0.25) is 0 Å². The molecule has 2 saturated carbocycles. The summed E-state index contributed by atoms with van der Waals surface area (Å²) in [6.45, 7) is 1.41. The monoisotopic (exact) mass is 168 g/mol. The summed E-state index contributed by atoms with van der Waals surface area (Å²) in [4.78, 5) is 10.6. The normalized spacial score (nSPS) is 47.8. The molecule has 1 aliphatic heterocycles. The van der Waals surface area contributed by atoms with Crippen molar-refractivity contribution >= 4 is 6.29 Å². The lowest BCUT2D eigenvalue weighted by Crippen LogP contribution is -2.31. The first-order chi connectivity index (χ1) is 5.87. The third kappa shape index (κ3) is 0.666. The molecular formula is C9H12O3. The van der Waals surface area contributed by atoms with E-state index in [1.54, 1.807) is 0 Å². The second kappa shape index (κ2) is 2.09. The molecule has 2 aliphatic carbocycles. The van der Waals surface area contributed by atoms with Crippen LogP contribution in [0.15, 0.2) is 0 Å². The van der Waals surface area contributed by atoms with Crippen LogP contribution < -0.4 is 0 Å². The predicted octanol–water partition coefficient (Wildman–Crippen LogP) is 0.584. The maximum Gasteiger partial charge on any atom is 0.172 e. The summed E-state index contributed by atoms with van der Waals surface area (Å²) in [5.41, 5.74) is 0. The van der Waals surface area contributed by atoms with Crippen LogP contribution >= 0.6 is 0 Å². The van der Waals surface area contributed by atoms with Gasteiger partial charge in [-0.1, -0.05) is 0 Å². The fourth-order valence-corrected chi connectivity index (χ4v) is 2.92. The SMILES string of the molecule is O=CC1C2CCC3(OCCO3)C12. The topological polar surface area (TPSA) is 35.5 Å². The Hall–Kier alpha value is -0.410. The largest absolute Gasteiger partial charge is 0.347 e. The van der Waals surface area contributed by atoms with Crippen molar-refractivity contribution in [2.45, 2.75) is 18.6 Å². The van der Waals surface area contributed by atoms with Crippen molar-refractivity contribution in [1.29, 1.82) is 0 Å². The molecule has 12 heavy (non-hydrogen) atoms. The molecule has 3 atom stereocenters. The van der Waals surface area contributed by atoms with E-state index >= 15 is 0 Å². The van der Waals surface area contributed by atoms with E-state index in [1.807, 2.05) is 0 Å². The molecule has 0 amide bonds. The molecule has 3 fully saturated rings. The lowest BCUT2D eigenvalue weighted by Gasteiger charge is -2.24. The van der Waals surface area contributed by atoms with Crippen molar-refractivity contribution in [3.05, 3.63) is 0 Å². The molecule has 0 aromatic heterocycles. The van der Waals surface area contributed by atoms with Gasteiger partial charge in [0.1, 0.15) is 6.29 Å². The lowest BCUT2D eigenvalue weighted by atomic mass is 10.1. The van der Waals surface area contributed by atoms with E-state index in [9.17, 15) is 4.79 Å². The maximum atomic E-state index is 10.6. The summed E-state index contributed by atoms with van der Waals surface area (Å²) in [7, 11) is 0. The van der Waals surface area contributed by atoms with Crippen LogP contribution in [0.5, 0.6) is 0 Å². The highest BCUT2D eigenvalue weighted by molar-refractivity contribution is 5.60. The second-order valence-corrected chi connectivity index (χ2v) is 3.95. The first-order valence-corrected chi connectivity index (χ1v) is 4.61. The third-order valence-electron chi connectivity index (χ3n) is 3.50. The van der Waals surface area contributed by atoms with Crippen LogP contribution in [0.2, 0.25) is 0 Å². The molecular weight excluding hydrogens is 156 g/mol. The van der Waals surface area contributed by atoms with Crippen molar-refractivity contribution in [3.63, 3.8) is 0 Å². The molecule has 3 rings (SSSR count). The molecule has 3 unspecified atom stereocenters. The molecule has 0 aromatic rings. The van der Waals surface area contributed by atoms with Crippen molar-refractivity contribution in [3.8, 4) is 0 Å². The fourth-order valence-electron chi connectivity index (χ4n) is 2.92. The molecule has 1 spiro atoms. The van der Waals surface area contributed by atoms with Crippen LogP contribution in [0.4, 0.5) is 0 Å². The maximum absolute atomic E-state index is 10.6. The van der Waals surface area contributed by atoms with E-state index in [-0.39, 0.29) is 11.7 Å². The minimum atomic E-state index is -0.337. The average molecular weight is 168 g/mol. The van der Waals surface area contributed by atoms with Crippen molar-refractivity contribution in [2.75, 3.05) is 13.2 Å². The molecule has 3 heteroatoms. The highest BCUT2D eigenvalue weighted by Crippen LogP contribution is 2.63. The van der Waals surface area contributed by atoms with E-state index < -0.39 is 0 Å². The van der Waals surface area contributed by atoms with Crippen LogP contribution in [-0.4, -0.2) is 25.3 Å². The Morgan fingerprint density at radius 2 is 2.08 bits per heavy atom. The summed E-state index contributed by atoms with van der Waals surface area (Å²) in [5.74, 6) is 0.853. The number of hydrogen-bond acceptors (Lipinski definition) is 3. The van der Waals surface area contributed by atoms with Gasteiger partial charge in [0.15, 0.2) is 5.79 Å². The minimum Gasteiger partial charge on any atom is -0.347 e. The standard InChI is InChI=1S/C9H12O3/c10-5-7-6-1-2-9(8(6)7)11-3-4-12-9/h5-8H,1-4H2. The molecule has 0 bridgehead atoms. The Morgan fingerprint density at radius 1 is 1.33 bits per heavy atom. The fraction of sp³-hybridized carbons (Fsp3) is 0.889.